The second-order valence-corrected chi connectivity index (χ2v) is 4.55. The van der Waals surface area contributed by atoms with Crippen LogP contribution in [0.15, 0.2) is 24.3 Å². The van der Waals surface area contributed by atoms with Gasteiger partial charge in [-0.1, -0.05) is 23.2 Å². The third-order valence-electron chi connectivity index (χ3n) is 2.33. The van der Waals surface area contributed by atoms with Crippen LogP contribution in [-0.2, 0) is 0 Å². The lowest BCUT2D eigenvalue weighted by atomic mass is 10.2. The molecule has 0 bridgehead atoms. The molecule has 0 spiro atoms. The van der Waals surface area contributed by atoms with Gasteiger partial charge in [-0.05, 0) is 12.1 Å². The quantitative estimate of drug-likeness (QED) is 0.621. The van der Waals surface area contributed by atoms with Crippen molar-refractivity contribution in [1.82, 2.24) is 0 Å². The molecule has 0 saturated heterocycles. The third-order valence-corrected chi connectivity index (χ3v) is 2.93. The maximum absolute atomic E-state index is 13.5. The van der Waals surface area contributed by atoms with E-state index in [1.165, 1.54) is 12.1 Å². The number of hydrogen-bond donors (Lipinski definition) is 2. The molecule has 19 heavy (non-hydrogen) atoms. The largest absolute Gasteiger partial charge is 0.399 e. The smallest absolute Gasteiger partial charge is 0.161 e. The van der Waals surface area contributed by atoms with Gasteiger partial charge in [-0.3, -0.25) is 0 Å². The molecule has 0 aromatic heterocycles. The molecule has 0 amide bonds. The van der Waals surface area contributed by atoms with Crippen LogP contribution >= 0.6 is 23.2 Å². The number of nitrogens with two attached hydrogens (primary N) is 1. The minimum absolute atomic E-state index is 0.133. The SMILES string of the molecule is Nc1cc(Cl)c(Nc2cc(F)c(F)cc2F)c(Cl)c1. The molecule has 2 rings (SSSR count). The molecule has 3 N–H and O–H groups in total. The van der Waals surface area contributed by atoms with E-state index in [0.717, 1.165) is 0 Å². The highest BCUT2D eigenvalue weighted by molar-refractivity contribution is 6.39. The minimum atomic E-state index is -1.28. The summed E-state index contributed by atoms with van der Waals surface area (Å²) >= 11 is 11.8. The Bertz CT molecular complexity index is 624. The zero-order valence-corrected chi connectivity index (χ0v) is 10.8. The molecule has 0 atom stereocenters. The number of nitrogens with one attached hydrogen (secondary N) is 1. The van der Waals surface area contributed by atoms with Crippen molar-refractivity contribution in [1.29, 1.82) is 0 Å². The van der Waals surface area contributed by atoms with Gasteiger partial charge < -0.3 is 11.1 Å². The Balaban J connectivity index is 2.45. The second kappa shape index (κ2) is 5.19. The van der Waals surface area contributed by atoms with Crippen LogP contribution in [0.1, 0.15) is 0 Å². The van der Waals surface area contributed by atoms with Crippen LogP contribution in [0, 0.1) is 17.5 Å². The summed E-state index contributed by atoms with van der Waals surface area (Å²) in [5, 5.41) is 2.77. The topological polar surface area (TPSA) is 38.0 Å². The second-order valence-electron chi connectivity index (χ2n) is 3.73. The van der Waals surface area contributed by atoms with E-state index in [-0.39, 0.29) is 21.4 Å². The van der Waals surface area contributed by atoms with Gasteiger partial charge in [-0.2, -0.15) is 0 Å². The first-order valence-electron chi connectivity index (χ1n) is 5.04. The highest BCUT2D eigenvalue weighted by atomic mass is 35.5. The Morgan fingerprint density at radius 2 is 1.37 bits per heavy atom. The normalized spacial score (nSPS) is 10.6. The monoisotopic (exact) mass is 306 g/mol. The number of halogens is 5. The third kappa shape index (κ3) is 2.88. The number of anilines is 3. The summed E-state index contributed by atoms with van der Waals surface area (Å²) in [5.74, 6) is -3.44. The van der Waals surface area contributed by atoms with Gasteiger partial charge in [-0.25, -0.2) is 13.2 Å². The number of rotatable bonds is 2. The van der Waals surface area contributed by atoms with Crippen LogP contribution in [0.3, 0.4) is 0 Å². The Morgan fingerprint density at radius 3 is 1.95 bits per heavy atom. The van der Waals surface area contributed by atoms with Gasteiger partial charge in [0.2, 0.25) is 0 Å². The predicted molar refractivity (Wildman–Crippen MR) is 70.5 cm³/mol. The van der Waals surface area contributed by atoms with Gasteiger partial charge in [0, 0.05) is 17.8 Å². The highest BCUT2D eigenvalue weighted by Crippen LogP contribution is 2.35. The zero-order valence-electron chi connectivity index (χ0n) is 9.28. The molecule has 0 radical (unpaired) electrons. The summed E-state index contributed by atoms with van der Waals surface area (Å²) in [6, 6.07) is 3.89. The summed E-state index contributed by atoms with van der Waals surface area (Å²) in [5.41, 5.74) is 5.71. The fraction of sp³-hybridized carbons (Fsp3) is 0. The summed E-state index contributed by atoms with van der Waals surface area (Å²) < 4.78 is 39.3. The summed E-state index contributed by atoms with van der Waals surface area (Å²) in [6.07, 6.45) is 0. The molecular formula is C12H7Cl2F3N2. The van der Waals surface area contributed by atoms with Crippen molar-refractivity contribution in [3.63, 3.8) is 0 Å². The van der Waals surface area contributed by atoms with E-state index in [1.807, 2.05) is 0 Å². The lowest BCUT2D eigenvalue weighted by Gasteiger charge is -2.12. The minimum Gasteiger partial charge on any atom is -0.399 e. The molecule has 100 valence electrons. The van der Waals surface area contributed by atoms with Crippen molar-refractivity contribution < 1.29 is 13.2 Å². The van der Waals surface area contributed by atoms with Crippen molar-refractivity contribution in [2.24, 2.45) is 0 Å². The first-order chi connectivity index (χ1) is 8.88. The van der Waals surface area contributed by atoms with Gasteiger partial charge in [-0.15, -0.1) is 0 Å². The molecular weight excluding hydrogens is 300 g/mol. The first-order valence-corrected chi connectivity index (χ1v) is 5.80. The summed E-state index contributed by atoms with van der Waals surface area (Å²) in [4.78, 5) is 0. The Hall–Kier alpha value is -1.59. The van der Waals surface area contributed by atoms with E-state index >= 15 is 0 Å². The summed E-state index contributed by atoms with van der Waals surface area (Å²) in [7, 11) is 0. The van der Waals surface area contributed by atoms with Crippen molar-refractivity contribution in [3.8, 4) is 0 Å². The van der Waals surface area contributed by atoms with Crippen LogP contribution in [-0.4, -0.2) is 0 Å². The van der Waals surface area contributed by atoms with Crippen LogP contribution in [0.25, 0.3) is 0 Å². The molecule has 2 aromatic carbocycles. The van der Waals surface area contributed by atoms with E-state index in [1.54, 1.807) is 0 Å². The average Bonchev–Trinajstić information content (AvgIpc) is 2.29. The molecule has 2 nitrogen and oxygen atoms in total. The van der Waals surface area contributed by atoms with Crippen molar-refractivity contribution in [3.05, 3.63) is 51.8 Å². The Kier molecular flexibility index (Phi) is 3.78. The highest BCUT2D eigenvalue weighted by Gasteiger charge is 2.13. The molecule has 0 aliphatic heterocycles. The fourth-order valence-electron chi connectivity index (χ4n) is 1.47. The van der Waals surface area contributed by atoms with Gasteiger partial charge in [0.25, 0.3) is 0 Å². The first kappa shape index (κ1) is 13.8. The molecule has 0 fully saturated rings. The number of nitrogen functional groups attached to an aromatic ring is 1. The average molecular weight is 307 g/mol. The van der Waals surface area contributed by atoms with E-state index in [2.05, 4.69) is 5.32 Å². The number of benzene rings is 2. The van der Waals surface area contributed by atoms with Crippen molar-refractivity contribution in [2.45, 2.75) is 0 Å². The lowest BCUT2D eigenvalue weighted by Crippen LogP contribution is -1.99. The van der Waals surface area contributed by atoms with Gasteiger partial charge in [0.15, 0.2) is 11.6 Å². The van der Waals surface area contributed by atoms with Crippen LogP contribution in [0.2, 0.25) is 10.0 Å². The van der Waals surface area contributed by atoms with Crippen LogP contribution < -0.4 is 11.1 Å². The van der Waals surface area contributed by atoms with Crippen molar-refractivity contribution >= 4 is 40.3 Å². The molecule has 0 aliphatic carbocycles. The van der Waals surface area contributed by atoms with Crippen LogP contribution in [0.5, 0.6) is 0 Å². The van der Waals surface area contributed by atoms with E-state index in [4.69, 9.17) is 28.9 Å². The molecule has 0 heterocycles. The van der Waals surface area contributed by atoms with Crippen molar-refractivity contribution in [2.75, 3.05) is 11.1 Å². The lowest BCUT2D eigenvalue weighted by molar-refractivity contribution is 0.496. The molecule has 0 aliphatic rings. The zero-order chi connectivity index (χ0) is 14.2. The van der Waals surface area contributed by atoms with E-state index in [9.17, 15) is 13.2 Å². The molecule has 7 heteroatoms. The maximum Gasteiger partial charge on any atom is 0.161 e. The molecule has 0 unspecified atom stereocenters. The predicted octanol–water partition coefficient (Wildman–Crippen LogP) is 4.74. The van der Waals surface area contributed by atoms with Gasteiger partial charge in [0.05, 0.1) is 21.4 Å². The summed E-state index contributed by atoms with van der Waals surface area (Å²) in [6.45, 7) is 0. The fourth-order valence-corrected chi connectivity index (χ4v) is 2.06. The van der Waals surface area contributed by atoms with Gasteiger partial charge in [0.1, 0.15) is 5.82 Å². The number of hydrogen-bond acceptors (Lipinski definition) is 2. The van der Waals surface area contributed by atoms with E-state index < -0.39 is 17.5 Å². The van der Waals surface area contributed by atoms with E-state index in [0.29, 0.717) is 17.8 Å². The molecule has 0 saturated carbocycles. The van der Waals surface area contributed by atoms with Gasteiger partial charge >= 0.3 is 0 Å². The molecule has 2 aromatic rings. The standard InChI is InChI=1S/C12H7Cl2F3N2/c13-6-1-5(18)2-7(14)12(6)19-11-4-9(16)8(15)3-10(11)17/h1-4,19H,18H2. The Labute approximate surface area is 116 Å². The Morgan fingerprint density at radius 1 is 0.842 bits per heavy atom. The van der Waals surface area contributed by atoms with Crippen LogP contribution in [0.4, 0.5) is 30.2 Å². The maximum atomic E-state index is 13.5.